The quantitative estimate of drug-likeness (QED) is 0.525. The number of nitriles is 1. The summed E-state index contributed by atoms with van der Waals surface area (Å²) < 4.78 is 10.3. The van der Waals surface area contributed by atoms with Gasteiger partial charge in [0.25, 0.3) is 0 Å². The van der Waals surface area contributed by atoms with Gasteiger partial charge in [-0.25, -0.2) is 4.98 Å². The second-order valence-electron chi connectivity index (χ2n) is 5.18. The molecule has 7 heteroatoms. The van der Waals surface area contributed by atoms with Gasteiger partial charge in [0.15, 0.2) is 10.7 Å². The van der Waals surface area contributed by atoms with Gasteiger partial charge < -0.3 is 9.47 Å². The highest BCUT2D eigenvalue weighted by Gasteiger charge is 2.10. The van der Waals surface area contributed by atoms with Gasteiger partial charge in [0, 0.05) is 10.9 Å². The summed E-state index contributed by atoms with van der Waals surface area (Å²) in [4.78, 5) is 4.51. The normalized spacial score (nSPS) is 10.9. The molecule has 3 aromatic rings. The Bertz CT molecular complexity index is 941. The molecule has 0 fully saturated rings. The lowest BCUT2D eigenvalue weighted by Gasteiger charge is -2.02. The number of hydrazone groups is 1. The molecule has 130 valence electrons. The van der Waals surface area contributed by atoms with E-state index < -0.39 is 0 Å². The average molecular weight is 364 g/mol. The van der Waals surface area contributed by atoms with Gasteiger partial charge in [-0.3, -0.25) is 5.43 Å². The molecule has 0 unspecified atom stereocenters. The van der Waals surface area contributed by atoms with Crippen molar-refractivity contribution in [3.63, 3.8) is 0 Å². The van der Waals surface area contributed by atoms with Gasteiger partial charge in [0.05, 0.1) is 25.6 Å². The summed E-state index contributed by atoms with van der Waals surface area (Å²) in [7, 11) is 3.23. The lowest BCUT2D eigenvalue weighted by molar-refractivity contribution is 0.415. The second kappa shape index (κ2) is 8.14. The standard InChI is InChI=1S/C19H16N4O2S/c1-24-15-7-3-13(4-8-15)18-12-26-19(21-18)17(11-20)23-22-14-5-9-16(25-2)10-6-14/h3-10,12,22H,1-2H3/b23-17+. The van der Waals surface area contributed by atoms with E-state index in [1.807, 2.05) is 53.9 Å². The fraction of sp³-hybridized carbons (Fsp3) is 0.105. The Balaban J connectivity index is 1.77. The molecule has 0 aliphatic rings. The molecule has 0 saturated heterocycles. The van der Waals surface area contributed by atoms with Crippen LogP contribution < -0.4 is 14.9 Å². The summed E-state index contributed by atoms with van der Waals surface area (Å²) >= 11 is 1.37. The Hall–Kier alpha value is -3.37. The summed E-state index contributed by atoms with van der Waals surface area (Å²) in [6.07, 6.45) is 0. The largest absolute Gasteiger partial charge is 0.497 e. The van der Waals surface area contributed by atoms with Crippen molar-refractivity contribution in [3.05, 3.63) is 58.9 Å². The maximum Gasteiger partial charge on any atom is 0.196 e. The van der Waals surface area contributed by atoms with Crippen molar-refractivity contribution in [3.8, 4) is 28.8 Å². The zero-order chi connectivity index (χ0) is 18.4. The SMILES string of the molecule is COc1ccc(N/N=C(\C#N)c2nc(-c3ccc(OC)cc3)cs2)cc1. The number of nitrogens with one attached hydrogen (secondary N) is 1. The third kappa shape index (κ3) is 3.99. The number of hydrogen-bond donors (Lipinski definition) is 1. The number of benzene rings is 2. The molecule has 0 saturated carbocycles. The lowest BCUT2D eigenvalue weighted by atomic mass is 10.2. The molecule has 0 atom stereocenters. The van der Waals surface area contributed by atoms with E-state index in [0.717, 1.165) is 28.4 Å². The molecule has 26 heavy (non-hydrogen) atoms. The smallest absolute Gasteiger partial charge is 0.196 e. The molecular formula is C19H16N4O2S. The van der Waals surface area contributed by atoms with Gasteiger partial charge in [-0.2, -0.15) is 10.4 Å². The number of methoxy groups -OCH3 is 2. The highest BCUT2D eigenvalue weighted by molar-refractivity contribution is 7.12. The van der Waals surface area contributed by atoms with Crippen molar-refractivity contribution in [1.29, 1.82) is 5.26 Å². The van der Waals surface area contributed by atoms with E-state index in [1.165, 1.54) is 11.3 Å². The van der Waals surface area contributed by atoms with Crippen molar-refractivity contribution in [1.82, 2.24) is 4.98 Å². The van der Waals surface area contributed by atoms with Gasteiger partial charge in [-0.05, 0) is 48.5 Å². The minimum atomic E-state index is 0.227. The van der Waals surface area contributed by atoms with Crippen LogP contribution in [-0.4, -0.2) is 24.9 Å². The van der Waals surface area contributed by atoms with Gasteiger partial charge in [0.1, 0.15) is 17.6 Å². The van der Waals surface area contributed by atoms with E-state index in [1.54, 1.807) is 14.2 Å². The number of rotatable bonds is 6. The summed E-state index contributed by atoms with van der Waals surface area (Å²) in [5, 5.41) is 16.0. The molecule has 0 amide bonds. The number of hydrogen-bond acceptors (Lipinski definition) is 7. The average Bonchev–Trinajstić information content (AvgIpc) is 3.19. The summed E-state index contributed by atoms with van der Waals surface area (Å²) in [6.45, 7) is 0. The first kappa shape index (κ1) is 17.5. The van der Waals surface area contributed by atoms with Crippen LogP contribution in [-0.2, 0) is 0 Å². The van der Waals surface area contributed by atoms with Crippen molar-refractivity contribution >= 4 is 22.7 Å². The highest BCUT2D eigenvalue weighted by atomic mass is 32.1. The Morgan fingerprint density at radius 3 is 2.23 bits per heavy atom. The summed E-state index contributed by atoms with van der Waals surface area (Å²) in [5.41, 5.74) is 5.60. The predicted molar refractivity (Wildman–Crippen MR) is 103 cm³/mol. The van der Waals surface area contributed by atoms with Crippen LogP contribution in [0.25, 0.3) is 11.3 Å². The monoisotopic (exact) mass is 364 g/mol. The molecule has 0 aliphatic carbocycles. The number of nitrogens with zero attached hydrogens (tertiary/aromatic N) is 3. The van der Waals surface area contributed by atoms with E-state index in [4.69, 9.17) is 9.47 Å². The van der Waals surface area contributed by atoms with Crippen LogP contribution in [0.2, 0.25) is 0 Å². The van der Waals surface area contributed by atoms with Gasteiger partial charge in [0.2, 0.25) is 0 Å². The predicted octanol–water partition coefficient (Wildman–Crippen LogP) is 4.17. The van der Waals surface area contributed by atoms with Crippen molar-refractivity contribution in [2.75, 3.05) is 19.6 Å². The van der Waals surface area contributed by atoms with E-state index >= 15 is 0 Å². The van der Waals surface area contributed by atoms with Crippen LogP contribution >= 0.6 is 11.3 Å². The highest BCUT2D eigenvalue weighted by Crippen LogP contribution is 2.24. The van der Waals surface area contributed by atoms with Crippen molar-refractivity contribution < 1.29 is 9.47 Å². The van der Waals surface area contributed by atoms with Crippen LogP contribution in [0.15, 0.2) is 59.0 Å². The molecule has 2 aromatic carbocycles. The number of ether oxygens (including phenoxy) is 2. The Labute approximate surface area is 155 Å². The fourth-order valence-corrected chi connectivity index (χ4v) is 2.95. The minimum absolute atomic E-state index is 0.227. The molecular weight excluding hydrogens is 348 g/mol. The van der Waals surface area contributed by atoms with Crippen LogP contribution in [0.1, 0.15) is 5.01 Å². The van der Waals surface area contributed by atoms with E-state index in [-0.39, 0.29) is 5.71 Å². The molecule has 3 rings (SSSR count). The number of anilines is 1. The zero-order valence-electron chi connectivity index (χ0n) is 14.3. The molecule has 0 bridgehead atoms. The van der Waals surface area contributed by atoms with Crippen molar-refractivity contribution in [2.45, 2.75) is 0 Å². The third-order valence-electron chi connectivity index (χ3n) is 3.59. The fourth-order valence-electron chi connectivity index (χ4n) is 2.18. The molecule has 0 aliphatic heterocycles. The van der Waals surface area contributed by atoms with Crippen molar-refractivity contribution in [2.24, 2.45) is 5.10 Å². The molecule has 6 nitrogen and oxygen atoms in total. The molecule has 1 aromatic heterocycles. The lowest BCUT2D eigenvalue weighted by Crippen LogP contribution is -2.01. The third-order valence-corrected chi connectivity index (χ3v) is 4.43. The van der Waals surface area contributed by atoms with Crippen LogP contribution in [0.5, 0.6) is 11.5 Å². The van der Waals surface area contributed by atoms with E-state index in [2.05, 4.69) is 21.6 Å². The Morgan fingerprint density at radius 2 is 1.65 bits per heavy atom. The van der Waals surface area contributed by atoms with E-state index in [9.17, 15) is 5.26 Å². The van der Waals surface area contributed by atoms with E-state index in [0.29, 0.717) is 5.01 Å². The van der Waals surface area contributed by atoms with Crippen LogP contribution in [0.4, 0.5) is 5.69 Å². The number of aromatic nitrogens is 1. The molecule has 0 radical (unpaired) electrons. The molecule has 1 heterocycles. The van der Waals surface area contributed by atoms with Gasteiger partial charge >= 0.3 is 0 Å². The first-order valence-electron chi connectivity index (χ1n) is 7.71. The second-order valence-corrected chi connectivity index (χ2v) is 6.04. The summed E-state index contributed by atoms with van der Waals surface area (Å²) in [6, 6.07) is 17.0. The van der Waals surface area contributed by atoms with Gasteiger partial charge in [-0.15, -0.1) is 11.3 Å². The molecule has 0 spiro atoms. The first-order chi connectivity index (χ1) is 12.7. The summed E-state index contributed by atoms with van der Waals surface area (Å²) in [5.74, 6) is 1.54. The number of thiazole rings is 1. The van der Waals surface area contributed by atoms with Crippen LogP contribution in [0.3, 0.4) is 0 Å². The first-order valence-corrected chi connectivity index (χ1v) is 8.59. The topological polar surface area (TPSA) is 79.5 Å². The molecule has 1 N–H and O–H groups in total. The maximum absolute atomic E-state index is 9.40. The Kier molecular flexibility index (Phi) is 5.46. The van der Waals surface area contributed by atoms with Crippen LogP contribution in [0, 0.1) is 11.3 Å². The maximum atomic E-state index is 9.40. The minimum Gasteiger partial charge on any atom is -0.497 e. The zero-order valence-corrected chi connectivity index (χ0v) is 15.1. The Morgan fingerprint density at radius 1 is 1.04 bits per heavy atom. The van der Waals surface area contributed by atoms with Gasteiger partial charge in [-0.1, -0.05) is 0 Å².